The highest BCUT2D eigenvalue weighted by Gasteiger charge is 2.24. The van der Waals surface area contributed by atoms with Gasteiger partial charge in [-0.2, -0.15) is 0 Å². The molecule has 5 heteroatoms. The number of hydrogen-bond donors (Lipinski definition) is 0. The van der Waals surface area contributed by atoms with E-state index in [1.165, 1.54) is 0 Å². The van der Waals surface area contributed by atoms with Crippen molar-refractivity contribution in [2.24, 2.45) is 0 Å². The third kappa shape index (κ3) is 5.24. The fourth-order valence-corrected chi connectivity index (χ4v) is 1.61. The fraction of sp³-hybridized carbons (Fsp3) is 0.889. The first-order valence-corrected chi connectivity index (χ1v) is 8.36. The quantitative estimate of drug-likeness (QED) is 0.535. The van der Waals surface area contributed by atoms with Gasteiger partial charge in [0.15, 0.2) is 0 Å². The number of carbonyl (C=O) groups is 1. The molecule has 0 fully saturated rings. The van der Waals surface area contributed by atoms with Crippen LogP contribution in [-0.2, 0) is 4.43 Å². The lowest BCUT2D eigenvalue weighted by Crippen LogP contribution is -2.46. The summed E-state index contributed by atoms with van der Waals surface area (Å²) in [5.41, 5.74) is 0. The molecular formula is C9H22N2O2Si. The summed E-state index contributed by atoms with van der Waals surface area (Å²) in [5.74, 6) is 0. The number of nitrogens with zero attached hydrogens (tertiary/aromatic N) is 2. The van der Waals surface area contributed by atoms with Gasteiger partial charge in [0.05, 0.1) is 0 Å². The standard InChI is InChI=1S/C9H22N2O2Si/c1-7-8-11(10(2)3)9(12)13-14(4,5)6/h7-8H2,1-6H3. The summed E-state index contributed by atoms with van der Waals surface area (Å²) in [4.78, 5) is 11.7. The van der Waals surface area contributed by atoms with Crippen LogP contribution in [0.1, 0.15) is 13.3 Å². The lowest BCUT2D eigenvalue weighted by molar-refractivity contribution is 0.0352. The van der Waals surface area contributed by atoms with Crippen molar-refractivity contribution in [1.29, 1.82) is 0 Å². The third-order valence-electron chi connectivity index (χ3n) is 1.52. The second-order valence-electron chi connectivity index (χ2n) is 4.45. The van der Waals surface area contributed by atoms with Crippen LogP contribution in [0.5, 0.6) is 0 Å². The summed E-state index contributed by atoms with van der Waals surface area (Å²) in [6.45, 7) is 8.76. The minimum absolute atomic E-state index is 0.226. The van der Waals surface area contributed by atoms with Crippen LogP contribution in [0.15, 0.2) is 0 Å². The average molecular weight is 218 g/mol. The number of amides is 1. The smallest absolute Gasteiger partial charge is 0.410 e. The molecule has 0 aromatic rings. The Bertz CT molecular complexity index is 190. The lowest BCUT2D eigenvalue weighted by atomic mass is 10.5. The van der Waals surface area contributed by atoms with Crippen molar-refractivity contribution in [2.75, 3.05) is 20.6 Å². The van der Waals surface area contributed by atoms with Crippen LogP contribution in [0.25, 0.3) is 0 Å². The Labute approximate surface area is 87.9 Å². The predicted octanol–water partition coefficient (Wildman–Crippen LogP) is 2.15. The van der Waals surface area contributed by atoms with E-state index in [4.69, 9.17) is 4.43 Å². The monoisotopic (exact) mass is 218 g/mol. The van der Waals surface area contributed by atoms with Crippen LogP contribution >= 0.6 is 0 Å². The van der Waals surface area contributed by atoms with Crippen molar-refractivity contribution in [1.82, 2.24) is 10.0 Å². The van der Waals surface area contributed by atoms with Gasteiger partial charge in [-0.25, -0.2) is 14.8 Å². The van der Waals surface area contributed by atoms with E-state index in [2.05, 4.69) is 0 Å². The number of rotatable bonds is 4. The summed E-state index contributed by atoms with van der Waals surface area (Å²) in [5, 5.41) is 3.39. The lowest BCUT2D eigenvalue weighted by Gasteiger charge is -2.30. The van der Waals surface area contributed by atoms with Crippen LogP contribution in [0.3, 0.4) is 0 Å². The first-order chi connectivity index (χ1) is 6.28. The molecule has 0 radical (unpaired) electrons. The van der Waals surface area contributed by atoms with Gasteiger partial charge < -0.3 is 4.43 Å². The molecule has 1 amide bonds. The van der Waals surface area contributed by atoms with Gasteiger partial charge >= 0.3 is 6.09 Å². The zero-order valence-electron chi connectivity index (χ0n) is 10.1. The molecule has 0 aromatic heterocycles. The fourth-order valence-electron chi connectivity index (χ4n) is 0.981. The predicted molar refractivity (Wildman–Crippen MR) is 60.5 cm³/mol. The van der Waals surface area contributed by atoms with Gasteiger partial charge in [0.2, 0.25) is 8.32 Å². The molecule has 0 N–H and O–H groups in total. The van der Waals surface area contributed by atoms with Crippen molar-refractivity contribution >= 4 is 14.4 Å². The molecule has 84 valence electrons. The Balaban J connectivity index is 4.30. The van der Waals surface area contributed by atoms with E-state index >= 15 is 0 Å². The molecule has 0 aliphatic rings. The summed E-state index contributed by atoms with van der Waals surface area (Å²) in [7, 11) is 1.92. The first-order valence-electron chi connectivity index (χ1n) is 4.95. The Hall–Kier alpha value is -0.553. The first kappa shape index (κ1) is 13.4. The third-order valence-corrected chi connectivity index (χ3v) is 2.31. The molecule has 0 saturated carbocycles. The molecule has 0 saturated heterocycles. The molecule has 0 unspecified atom stereocenters. The van der Waals surface area contributed by atoms with Gasteiger partial charge in [0.1, 0.15) is 0 Å². The van der Waals surface area contributed by atoms with E-state index in [1.54, 1.807) is 10.0 Å². The highest BCUT2D eigenvalue weighted by molar-refractivity contribution is 6.71. The van der Waals surface area contributed by atoms with E-state index < -0.39 is 8.32 Å². The molecule has 0 atom stereocenters. The minimum atomic E-state index is -1.78. The molecule has 0 spiro atoms. The van der Waals surface area contributed by atoms with E-state index in [1.807, 2.05) is 40.7 Å². The van der Waals surface area contributed by atoms with Crippen LogP contribution < -0.4 is 0 Å². The number of hydrogen-bond acceptors (Lipinski definition) is 3. The van der Waals surface area contributed by atoms with Crippen LogP contribution in [-0.4, -0.2) is 45.1 Å². The van der Waals surface area contributed by atoms with Crippen molar-refractivity contribution in [3.8, 4) is 0 Å². The molecular weight excluding hydrogens is 196 g/mol. The van der Waals surface area contributed by atoms with Crippen LogP contribution in [0, 0.1) is 0 Å². The van der Waals surface area contributed by atoms with Crippen LogP contribution in [0.2, 0.25) is 19.6 Å². The van der Waals surface area contributed by atoms with Gasteiger partial charge in [-0.05, 0) is 26.1 Å². The van der Waals surface area contributed by atoms with Gasteiger partial charge in [0, 0.05) is 20.6 Å². The number of hydrazine groups is 1. The minimum Gasteiger partial charge on any atom is -0.503 e. The SMILES string of the molecule is CCCN(C(=O)O[Si](C)(C)C)N(C)C. The second kappa shape index (κ2) is 5.36. The Morgan fingerprint density at radius 2 is 1.79 bits per heavy atom. The zero-order chi connectivity index (χ0) is 11.4. The molecule has 0 bridgehead atoms. The topological polar surface area (TPSA) is 32.8 Å². The summed E-state index contributed by atoms with van der Waals surface area (Å²) in [6.07, 6.45) is 0.704. The maximum atomic E-state index is 11.7. The molecule has 0 aromatic carbocycles. The highest BCUT2D eigenvalue weighted by Crippen LogP contribution is 2.07. The van der Waals surface area contributed by atoms with E-state index in [0.717, 1.165) is 6.42 Å². The molecule has 14 heavy (non-hydrogen) atoms. The van der Waals surface area contributed by atoms with Crippen molar-refractivity contribution in [3.63, 3.8) is 0 Å². The number of carbonyl (C=O) groups excluding carboxylic acids is 1. The average Bonchev–Trinajstić information content (AvgIpc) is 1.95. The summed E-state index contributed by atoms with van der Waals surface area (Å²) >= 11 is 0. The maximum absolute atomic E-state index is 11.7. The van der Waals surface area contributed by atoms with Crippen LogP contribution in [0.4, 0.5) is 4.79 Å². The van der Waals surface area contributed by atoms with Gasteiger partial charge in [-0.15, -0.1) is 0 Å². The molecule has 0 rings (SSSR count). The van der Waals surface area contributed by atoms with E-state index in [-0.39, 0.29) is 6.09 Å². The Morgan fingerprint density at radius 3 is 2.07 bits per heavy atom. The molecule has 4 nitrogen and oxygen atoms in total. The molecule has 0 heterocycles. The van der Waals surface area contributed by atoms with Crippen molar-refractivity contribution in [3.05, 3.63) is 0 Å². The largest absolute Gasteiger partial charge is 0.503 e. The zero-order valence-corrected chi connectivity index (χ0v) is 11.1. The van der Waals surface area contributed by atoms with E-state index in [0.29, 0.717) is 6.54 Å². The van der Waals surface area contributed by atoms with Gasteiger partial charge in [0.25, 0.3) is 0 Å². The maximum Gasteiger partial charge on any atom is 0.410 e. The van der Waals surface area contributed by atoms with Gasteiger partial charge in [-0.1, -0.05) is 6.92 Å². The molecule has 0 aliphatic carbocycles. The second-order valence-corrected chi connectivity index (χ2v) is 8.88. The normalized spacial score (nSPS) is 11.6. The van der Waals surface area contributed by atoms with Crippen molar-refractivity contribution < 1.29 is 9.22 Å². The van der Waals surface area contributed by atoms with Gasteiger partial charge in [-0.3, -0.25) is 0 Å². The molecule has 0 aliphatic heterocycles. The Morgan fingerprint density at radius 1 is 1.29 bits per heavy atom. The Kier molecular flexibility index (Phi) is 5.15. The summed E-state index contributed by atoms with van der Waals surface area (Å²) in [6, 6.07) is 0. The van der Waals surface area contributed by atoms with E-state index in [9.17, 15) is 4.79 Å². The highest BCUT2D eigenvalue weighted by atomic mass is 28.4. The summed E-state index contributed by atoms with van der Waals surface area (Å²) < 4.78 is 5.40. The van der Waals surface area contributed by atoms with Crippen molar-refractivity contribution in [2.45, 2.75) is 33.0 Å².